The fourth-order valence-corrected chi connectivity index (χ4v) is 2.47. The molecule has 0 spiro atoms. The van der Waals surface area contributed by atoms with Crippen molar-refractivity contribution in [3.05, 3.63) is 52.5 Å². The summed E-state index contributed by atoms with van der Waals surface area (Å²) in [6, 6.07) is 14.5. The maximum atomic E-state index is 5.97. The van der Waals surface area contributed by atoms with Crippen molar-refractivity contribution >= 4 is 21.6 Å². The van der Waals surface area contributed by atoms with E-state index in [1.807, 2.05) is 45.4 Å². The third kappa shape index (κ3) is 3.99. The summed E-state index contributed by atoms with van der Waals surface area (Å²) in [7, 11) is 5.99. The van der Waals surface area contributed by atoms with Crippen LogP contribution in [0.1, 0.15) is 18.5 Å². The number of hydrogen-bond donors (Lipinski definition) is 1. The third-order valence-corrected chi connectivity index (χ3v) is 4.07. The van der Waals surface area contributed by atoms with Gasteiger partial charge in [-0.3, -0.25) is 0 Å². The highest BCUT2D eigenvalue weighted by molar-refractivity contribution is 9.10. The molecule has 112 valence electrons. The van der Waals surface area contributed by atoms with E-state index in [0.29, 0.717) is 6.04 Å². The number of anilines is 1. The van der Waals surface area contributed by atoms with Crippen molar-refractivity contribution in [2.45, 2.75) is 13.0 Å². The van der Waals surface area contributed by atoms with Crippen molar-refractivity contribution in [1.29, 1.82) is 0 Å². The average molecular weight is 349 g/mol. The van der Waals surface area contributed by atoms with Gasteiger partial charge in [-0.1, -0.05) is 12.1 Å². The molecule has 0 aliphatic rings. The smallest absolute Gasteiger partial charge is 0.141 e. The highest BCUT2D eigenvalue weighted by Gasteiger charge is 2.08. The molecule has 0 amide bonds. The summed E-state index contributed by atoms with van der Waals surface area (Å²) < 4.78 is 6.93. The minimum absolute atomic E-state index is 0.312. The molecular formula is C17H21BrN2O. The molecule has 4 heteroatoms. The van der Waals surface area contributed by atoms with Crippen molar-refractivity contribution in [3.63, 3.8) is 0 Å². The highest BCUT2D eigenvalue weighted by Crippen LogP contribution is 2.33. The molecule has 0 fully saturated rings. The van der Waals surface area contributed by atoms with Crippen molar-refractivity contribution in [3.8, 4) is 11.5 Å². The third-order valence-electron chi connectivity index (χ3n) is 3.45. The molecule has 2 aromatic carbocycles. The minimum Gasteiger partial charge on any atom is -0.456 e. The van der Waals surface area contributed by atoms with E-state index in [-0.39, 0.29) is 0 Å². The van der Waals surface area contributed by atoms with Crippen LogP contribution in [0.25, 0.3) is 0 Å². The van der Waals surface area contributed by atoms with E-state index < -0.39 is 0 Å². The molecule has 0 aromatic heterocycles. The number of halogens is 1. The first-order chi connectivity index (χ1) is 10.0. The van der Waals surface area contributed by atoms with Crippen LogP contribution in [0, 0.1) is 0 Å². The fourth-order valence-electron chi connectivity index (χ4n) is 1.99. The molecule has 2 rings (SSSR count). The maximum Gasteiger partial charge on any atom is 0.141 e. The standard InChI is InChI=1S/C17H21BrN2O/c1-12(19-2)13-8-9-17(16(18)10-13)21-15-7-5-6-14(11-15)20(3)4/h5-12,19H,1-4H3. The molecule has 3 nitrogen and oxygen atoms in total. The average Bonchev–Trinajstić information content (AvgIpc) is 2.48. The first-order valence-electron chi connectivity index (χ1n) is 6.93. The number of ether oxygens (including phenoxy) is 1. The molecule has 0 saturated carbocycles. The molecule has 1 atom stereocenters. The van der Waals surface area contributed by atoms with Gasteiger partial charge < -0.3 is 15.0 Å². The Balaban J connectivity index is 2.22. The van der Waals surface area contributed by atoms with Gasteiger partial charge in [-0.15, -0.1) is 0 Å². The Bertz CT molecular complexity index is 613. The SMILES string of the molecule is CNC(C)c1ccc(Oc2cccc(N(C)C)c2)c(Br)c1. The van der Waals surface area contributed by atoms with Crippen LogP contribution in [0.4, 0.5) is 5.69 Å². The zero-order valence-electron chi connectivity index (χ0n) is 12.9. The molecule has 0 aliphatic heterocycles. The molecule has 0 heterocycles. The van der Waals surface area contributed by atoms with Gasteiger partial charge >= 0.3 is 0 Å². The molecule has 0 saturated heterocycles. The van der Waals surface area contributed by atoms with Gasteiger partial charge in [0.25, 0.3) is 0 Å². The van der Waals surface area contributed by atoms with Crippen LogP contribution in [0.2, 0.25) is 0 Å². The highest BCUT2D eigenvalue weighted by atomic mass is 79.9. The minimum atomic E-state index is 0.312. The van der Waals surface area contributed by atoms with Gasteiger partial charge in [-0.25, -0.2) is 0 Å². The lowest BCUT2D eigenvalue weighted by molar-refractivity contribution is 0.479. The van der Waals surface area contributed by atoms with E-state index in [4.69, 9.17) is 4.74 Å². The number of nitrogens with zero attached hydrogens (tertiary/aromatic N) is 1. The quantitative estimate of drug-likeness (QED) is 0.855. The Kier molecular flexibility index (Phi) is 5.26. The second-order valence-corrected chi connectivity index (χ2v) is 6.05. The predicted molar refractivity (Wildman–Crippen MR) is 92.5 cm³/mol. The summed E-state index contributed by atoms with van der Waals surface area (Å²) in [5, 5.41) is 3.23. The van der Waals surface area contributed by atoms with E-state index in [0.717, 1.165) is 21.7 Å². The van der Waals surface area contributed by atoms with Crippen LogP contribution in [0.3, 0.4) is 0 Å². The van der Waals surface area contributed by atoms with Gasteiger partial charge in [0.05, 0.1) is 4.47 Å². The van der Waals surface area contributed by atoms with Crippen LogP contribution < -0.4 is 15.0 Å². The van der Waals surface area contributed by atoms with Gasteiger partial charge in [0.15, 0.2) is 0 Å². The Morgan fingerprint density at radius 2 is 1.90 bits per heavy atom. The van der Waals surface area contributed by atoms with Crippen LogP contribution >= 0.6 is 15.9 Å². The summed E-state index contributed by atoms with van der Waals surface area (Å²) in [6.45, 7) is 2.13. The summed E-state index contributed by atoms with van der Waals surface area (Å²) in [6.07, 6.45) is 0. The van der Waals surface area contributed by atoms with Crippen LogP contribution in [0.15, 0.2) is 46.9 Å². The van der Waals surface area contributed by atoms with Gasteiger partial charge in [0, 0.05) is 31.9 Å². The monoisotopic (exact) mass is 348 g/mol. The first-order valence-corrected chi connectivity index (χ1v) is 7.72. The molecule has 0 bridgehead atoms. The molecule has 0 aliphatic carbocycles. The zero-order chi connectivity index (χ0) is 15.4. The second kappa shape index (κ2) is 6.96. The van der Waals surface area contributed by atoms with E-state index >= 15 is 0 Å². The van der Waals surface area contributed by atoms with Crippen molar-refractivity contribution < 1.29 is 4.74 Å². The second-order valence-electron chi connectivity index (χ2n) is 5.19. The Labute approximate surface area is 135 Å². The number of hydrogen-bond acceptors (Lipinski definition) is 3. The van der Waals surface area contributed by atoms with Crippen molar-refractivity contribution in [2.24, 2.45) is 0 Å². The lowest BCUT2D eigenvalue weighted by Crippen LogP contribution is -2.12. The Morgan fingerprint density at radius 1 is 1.14 bits per heavy atom. The van der Waals surface area contributed by atoms with Gasteiger partial charge in [-0.05, 0) is 59.7 Å². The number of benzene rings is 2. The lowest BCUT2D eigenvalue weighted by Gasteiger charge is -2.16. The topological polar surface area (TPSA) is 24.5 Å². The number of nitrogens with one attached hydrogen (secondary N) is 1. The number of rotatable bonds is 5. The molecular weight excluding hydrogens is 328 g/mol. The fraction of sp³-hybridized carbons (Fsp3) is 0.294. The molecule has 1 unspecified atom stereocenters. The van der Waals surface area contributed by atoms with E-state index in [1.165, 1.54) is 5.56 Å². The zero-order valence-corrected chi connectivity index (χ0v) is 14.4. The Hall–Kier alpha value is -1.52. The van der Waals surface area contributed by atoms with Crippen LogP contribution in [0.5, 0.6) is 11.5 Å². The van der Waals surface area contributed by atoms with Crippen molar-refractivity contribution in [1.82, 2.24) is 5.32 Å². The maximum absolute atomic E-state index is 5.97. The van der Waals surface area contributed by atoms with Crippen LogP contribution in [-0.2, 0) is 0 Å². The summed E-state index contributed by atoms with van der Waals surface area (Å²) in [5.74, 6) is 1.65. The molecule has 2 aromatic rings. The van der Waals surface area contributed by atoms with Gasteiger partial charge in [-0.2, -0.15) is 0 Å². The predicted octanol–water partition coefficient (Wildman–Crippen LogP) is 4.59. The van der Waals surface area contributed by atoms with Crippen LogP contribution in [-0.4, -0.2) is 21.1 Å². The van der Waals surface area contributed by atoms with E-state index in [1.54, 1.807) is 0 Å². The normalized spacial score (nSPS) is 12.0. The first kappa shape index (κ1) is 15.9. The Morgan fingerprint density at radius 3 is 2.52 bits per heavy atom. The van der Waals surface area contributed by atoms with Crippen molar-refractivity contribution in [2.75, 3.05) is 26.0 Å². The van der Waals surface area contributed by atoms with E-state index in [9.17, 15) is 0 Å². The molecule has 21 heavy (non-hydrogen) atoms. The lowest BCUT2D eigenvalue weighted by atomic mass is 10.1. The summed E-state index contributed by atoms with van der Waals surface area (Å²) >= 11 is 3.59. The van der Waals surface area contributed by atoms with E-state index in [2.05, 4.69) is 51.3 Å². The molecule has 1 N–H and O–H groups in total. The van der Waals surface area contributed by atoms with Gasteiger partial charge in [0.1, 0.15) is 11.5 Å². The molecule has 0 radical (unpaired) electrons. The summed E-state index contributed by atoms with van der Waals surface area (Å²) in [4.78, 5) is 2.06. The van der Waals surface area contributed by atoms with Gasteiger partial charge in [0.2, 0.25) is 0 Å². The largest absolute Gasteiger partial charge is 0.456 e. The summed E-state index contributed by atoms with van der Waals surface area (Å²) in [5.41, 5.74) is 2.34.